The lowest BCUT2D eigenvalue weighted by Crippen LogP contribution is -2.19. The van der Waals surface area contributed by atoms with E-state index in [9.17, 15) is 13.2 Å². The molecule has 0 bridgehead atoms. The molecule has 5 heteroatoms. The van der Waals surface area contributed by atoms with E-state index < -0.39 is 12.3 Å². The molecule has 0 aliphatic carbocycles. The number of hydrogen-bond donors (Lipinski definition) is 1. The lowest BCUT2D eigenvalue weighted by molar-refractivity contribution is -0.206. The quantitative estimate of drug-likeness (QED) is 0.909. The molecule has 0 fully saturated rings. The molecular formula is C14H11F3O2. The third kappa shape index (κ3) is 3.48. The van der Waals surface area contributed by atoms with Crippen LogP contribution < -0.4 is 4.74 Å². The Labute approximate surface area is 108 Å². The van der Waals surface area contributed by atoms with Crippen molar-refractivity contribution in [2.75, 3.05) is 0 Å². The predicted octanol–water partition coefficient (Wildman–Crippen LogP) is 4.07. The van der Waals surface area contributed by atoms with Crippen molar-refractivity contribution in [3.05, 3.63) is 60.2 Å². The zero-order valence-corrected chi connectivity index (χ0v) is 9.76. The van der Waals surface area contributed by atoms with Crippen LogP contribution in [0.1, 0.15) is 11.7 Å². The molecule has 2 aromatic rings. The molecule has 0 aromatic heterocycles. The maximum absolute atomic E-state index is 12.3. The number of ether oxygens (including phenoxy) is 1. The van der Waals surface area contributed by atoms with Gasteiger partial charge in [0.2, 0.25) is 0 Å². The van der Waals surface area contributed by atoms with Gasteiger partial charge in [-0.1, -0.05) is 30.3 Å². The van der Waals surface area contributed by atoms with Crippen LogP contribution in [-0.2, 0) is 0 Å². The van der Waals surface area contributed by atoms with Crippen LogP contribution in [0.15, 0.2) is 54.6 Å². The molecule has 0 aliphatic rings. The van der Waals surface area contributed by atoms with Gasteiger partial charge < -0.3 is 9.84 Å². The van der Waals surface area contributed by atoms with Crippen LogP contribution in [0, 0.1) is 0 Å². The van der Waals surface area contributed by atoms with Gasteiger partial charge in [0.15, 0.2) is 6.10 Å². The molecule has 0 spiro atoms. The van der Waals surface area contributed by atoms with Gasteiger partial charge in [0.25, 0.3) is 0 Å². The van der Waals surface area contributed by atoms with Gasteiger partial charge in [-0.05, 0) is 29.8 Å². The van der Waals surface area contributed by atoms with Crippen molar-refractivity contribution in [2.24, 2.45) is 0 Å². The average molecular weight is 268 g/mol. The molecular weight excluding hydrogens is 257 g/mol. The molecule has 0 radical (unpaired) electrons. The molecule has 0 amide bonds. The molecule has 0 heterocycles. The molecule has 0 aliphatic heterocycles. The molecule has 19 heavy (non-hydrogen) atoms. The van der Waals surface area contributed by atoms with Gasteiger partial charge in [-0.25, -0.2) is 0 Å². The van der Waals surface area contributed by atoms with Crippen molar-refractivity contribution < 1.29 is 23.0 Å². The zero-order valence-electron chi connectivity index (χ0n) is 9.76. The molecule has 2 nitrogen and oxygen atoms in total. The lowest BCUT2D eigenvalue weighted by Gasteiger charge is -2.15. The molecule has 2 aromatic carbocycles. The normalized spacial score (nSPS) is 13.1. The zero-order chi connectivity index (χ0) is 13.9. The average Bonchev–Trinajstić information content (AvgIpc) is 2.39. The Morgan fingerprint density at radius 1 is 0.842 bits per heavy atom. The third-order valence-electron chi connectivity index (χ3n) is 2.48. The Hall–Kier alpha value is -2.01. The van der Waals surface area contributed by atoms with Crippen LogP contribution in [0.3, 0.4) is 0 Å². The smallest absolute Gasteiger partial charge is 0.418 e. The summed E-state index contributed by atoms with van der Waals surface area (Å²) in [6.45, 7) is 0. The van der Waals surface area contributed by atoms with Gasteiger partial charge in [-0.2, -0.15) is 13.2 Å². The van der Waals surface area contributed by atoms with Crippen LogP contribution >= 0.6 is 0 Å². The summed E-state index contributed by atoms with van der Waals surface area (Å²) in [7, 11) is 0. The van der Waals surface area contributed by atoms with Gasteiger partial charge in [-0.15, -0.1) is 0 Å². The molecule has 0 unspecified atom stereocenters. The van der Waals surface area contributed by atoms with Gasteiger partial charge in [0, 0.05) is 0 Å². The van der Waals surface area contributed by atoms with Gasteiger partial charge >= 0.3 is 6.18 Å². The number of halogens is 3. The van der Waals surface area contributed by atoms with E-state index in [0.717, 1.165) is 0 Å². The highest BCUT2D eigenvalue weighted by atomic mass is 19.4. The first-order chi connectivity index (χ1) is 8.97. The lowest BCUT2D eigenvalue weighted by atomic mass is 10.1. The largest absolute Gasteiger partial charge is 0.457 e. The van der Waals surface area contributed by atoms with E-state index in [4.69, 9.17) is 9.84 Å². The SMILES string of the molecule is O[C@H](c1ccc(Oc2ccccc2)cc1)C(F)(F)F. The van der Waals surface area contributed by atoms with Crippen molar-refractivity contribution in [2.45, 2.75) is 12.3 Å². The van der Waals surface area contributed by atoms with Gasteiger partial charge in [0.1, 0.15) is 11.5 Å². The first kappa shape index (κ1) is 13.4. The summed E-state index contributed by atoms with van der Waals surface area (Å²) in [4.78, 5) is 0. The van der Waals surface area contributed by atoms with E-state index in [1.807, 2.05) is 6.07 Å². The Morgan fingerprint density at radius 3 is 1.89 bits per heavy atom. The van der Waals surface area contributed by atoms with E-state index in [-0.39, 0.29) is 5.56 Å². The Morgan fingerprint density at radius 2 is 1.37 bits per heavy atom. The van der Waals surface area contributed by atoms with Gasteiger partial charge in [0.05, 0.1) is 0 Å². The minimum Gasteiger partial charge on any atom is -0.457 e. The number of aliphatic hydroxyl groups excluding tert-OH is 1. The van der Waals surface area contributed by atoms with Crippen molar-refractivity contribution >= 4 is 0 Å². The second-order valence-electron chi connectivity index (χ2n) is 3.93. The van der Waals surface area contributed by atoms with Crippen LogP contribution in [0.25, 0.3) is 0 Å². The van der Waals surface area contributed by atoms with E-state index in [1.165, 1.54) is 24.3 Å². The van der Waals surface area contributed by atoms with Crippen molar-refractivity contribution in [3.8, 4) is 11.5 Å². The van der Waals surface area contributed by atoms with E-state index in [2.05, 4.69) is 0 Å². The summed E-state index contributed by atoms with van der Waals surface area (Å²) in [6, 6.07) is 14.0. The third-order valence-corrected chi connectivity index (χ3v) is 2.48. The molecule has 0 saturated carbocycles. The Balaban J connectivity index is 2.11. The fourth-order valence-corrected chi connectivity index (χ4v) is 1.53. The monoisotopic (exact) mass is 268 g/mol. The fraction of sp³-hybridized carbons (Fsp3) is 0.143. The van der Waals surface area contributed by atoms with Crippen molar-refractivity contribution in [1.82, 2.24) is 0 Å². The predicted molar refractivity (Wildman–Crippen MR) is 64.0 cm³/mol. The molecule has 1 N–H and O–H groups in total. The topological polar surface area (TPSA) is 29.5 Å². The number of rotatable bonds is 3. The first-order valence-corrected chi connectivity index (χ1v) is 5.54. The van der Waals surface area contributed by atoms with Crippen molar-refractivity contribution in [1.29, 1.82) is 0 Å². The minimum absolute atomic E-state index is 0.215. The second-order valence-corrected chi connectivity index (χ2v) is 3.93. The fourth-order valence-electron chi connectivity index (χ4n) is 1.53. The van der Waals surface area contributed by atoms with Crippen LogP contribution in [0.5, 0.6) is 11.5 Å². The van der Waals surface area contributed by atoms with Crippen molar-refractivity contribution in [3.63, 3.8) is 0 Å². The summed E-state index contributed by atoms with van der Waals surface area (Å²) in [6.07, 6.45) is -7.14. The molecule has 1 atom stereocenters. The summed E-state index contributed by atoms with van der Waals surface area (Å²) in [5, 5.41) is 9.07. The number of hydrogen-bond acceptors (Lipinski definition) is 2. The van der Waals surface area contributed by atoms with Crippen LogP contribution in [-0.4, -0.2) is 11.3 Å². The minimum atomic E-state index is -4.66. The second kappa shape index (κ2) is 5.32. The number of aliphatic hydroxyl groups is 1. The maximum Gasteiger partial charge on any atom is 0.418 e. The first-order valence-electron chi connectivity index (χ1n) is 5.54. The number of benzene rings is 2. The number of alkyl halides is 3. The molecule has 2 rings (SSSR count). The van der Waals surface area contributed by atoms with E-state index in [0.29, 0.717) is 11.5 Å². The maximum atomic E-state index is 12.3. The summed E-state index contributed by atoms with van der Waals surface area (Å²) in [5.74, 6) is 0.996. The molecule has 100 valence electrons. The summed E-state index contributed by atoms with van der Waals surface area (Å²) < 4.78 is 42.3. The Bertz CT molecular complexity index is 521. The number of para-hydroxylation sites is 1. The summed E-state index contributed by atoms with van der Waals surface area (Å²) in [5.41, 5.74) is -0.215. The van der Waals surface area contributed by atoms with Gasteiger partial charge in [-0.3, -0.25) is 0 Å². The highest BCUT2D eigenvalue weighted by molar-refractivity contribution is 5.33. The highest BCUT2D eigenvalue weighted by Crippen LogP contribution is 2.33. The van der Waals surface area contributed by atoms with Crippen LogP contribution in [0.2, 0.25) is 0 Å². The highest BCUT2D eigenvalue weighted by Gasteiger charge is 2.39. The summed E-state index contributed by atoms with van der Waals surface area (Å²) >= 11 is 0. The Kier molecular flexibility index (Phi) is 3.76. The van der Waals surface area contributed by atoms with Crippen LogP contribution in [0.4, 0.5) is 13.2 Å². The molecule has 0 saturated heterocycles. The standard InChI is InChI=1S/C14H11F3O2/c15-14(16,17)13(18)10-6-8-12(9-7-10)19-11-4-2-1-3-5-11/h1-9,13,18H/t13-/m1/s1. The van der Waals surface area contributed by atoms with E-state index >= 15 is 0 Å². The van der Waals surface area contributed by atoms with E-state index in [1.54, 1.807) is 24.3 Å².